The van der Waals surface area contributed by atoms with Crippen molar-refractivity contribution in [3.8, 4) is 11.5 Å². The summed E-state index contributed by atoms with van der Waals surface area (Å²) in [5, 5.41) is 13.4. The molecule has 0 unspecified atom stereocenters. The molecule has 1 amide bonds. The number of aliphatic hydroxyl groups excluding tert-OH is 1. The summed E-state index contributed by atoms with van der Waals surface area (Å²) in [4.78, 5) is 12.6. The number of carbonyl (C=O) groups excluding carboxylic acids is 1. The van der Waals surface area contributed by atoms with Crippen molar-refractivity contribution in [2.24, 2.45) is 0 Å². The van der Waals surface area contributed by atoms with Gasteiger partial charge in [0, 0.05) is 6.04 Å². The molecule has 2 N–H and O–H groups in total. The summed E-state index contributed by atoms with van der Waals surface area (Å²) in [6.45, 7) is 2.95. The Hall–Kier alpha value is -4.09. The number of hydrogen-bond donors (Lipinski definition) is 2. The molecule has 0 saturated carbocycles. The summed E-state index contributed by atoms with van der Waals surface area (Å²) >= 11 is 0. The van der Waals surface area contributed by atoms with E-state index in [1.54, 1.807) is 24.3 Å². The minimum atomic E-state index is -1.23. The van der Waals surface area contributed by atoms with Gasteiger partial charge in [-0.05, 0) is 66.3 Å². The first-order valence-electron chi connectivity index (χ1n) is 12.6. The highest BCUT2D eigenvalue weighted by Crippen LogP contribution is 2.20. The lowest BCUT2D eigenvalue weighted by Gasteiger charge is -2.17. The Balaban J connectivity index is 1.19. The van der Waals surface area contributed by atoms with Gasteiger partial charge in [-0.2, -0.15) is 0 Å². The Morgan fingerprint density at radius 1 is 0.703 bits per heavy atom. The van der Waals surface area contributed by atoms with E-state index in [4.69, 9.17) is 9.47 Å². The molecular weight excluding hydrogens is 462 g/mol. The van der Waals surface area contributed by atoms with Crippen molar-refractivity contribution >= 4 is 5.91 Å². The highest BCUT2D eigenvalue weighted by molar-refractivity contribution is 5.82. The predicted molar refractivity (Wildman–Crippen MR) is 145 cm³/mol. The van der Waals surface area contributed by atoms with Gasteiger partial charge in [-0.1, -0.05) is 84.9 Å². The Bertz CT molecular complexity index is 1230. The van der Waals surface area contributed by atoms with Gasteiger partial charge in [0.15, 0.2) is 6.10 Å². The number of benzene rings is 4. The number of nitrogens with one attached hydrogen (secondary N) is 1. The van der Waals surface area contributed by atoms with Gasteiger partial charge >= 0.3 is 0 Å². The van der Waals surface area contributed by atoms with Crippen molar-refractivity contribution in [1.29, 1.82) is 0 Å². The second-order valence-electron chi connectivity index (χ2n) is 9.11. The van der Waals surface area contributed by atoms with Crippen LogP contribution in [0.2, 0.25) is 0 Å². The number of carbonyl (C=O) groups is 1. The van der Waals surface area contributed by atoms with Gasteiger partial charge in [0.05, 0.1) is 0 Å². The minimum Gasteiger partial charge on any atom is -0.489 e. The molecule has 2 atom stereocenters. The molecule has 5 heteroatoms. The zero-order valence-corrected chi connectivity index (χ0v) is 21.0. The fourth-order valence-electron chi connectivity index (χ4n) is 3.91. The van der Waals surface area contributed by atoms with Crippen molar-refractivity contribution in [3.63, 3.8) is 0 Å². The first-order valence-corrected chi connectivity index (χ1v) is 12.6. The first-order chi connectivity index (χ1) is 18.1. The zero-order valence-electron chi connectivity index (χ0n) is 21.0. The normalized spacial score (nSPS) is 12.4. The molecule has 37 heavy (non-hydrogen) atoms. The molecule has 0 aromatic heterocycles. The Labute approximate surface area is 218 Å². The molecule has 4 aromatic carbocycles. The number of rotatable bonds is 12. The van der Waals surface area contributed by atoms with E-state index in [9.17, 15) is 9.90 Å². The minimum absolute atomic E-state index is 0.0790. The molecule has 5 nitrogen and oxygen atoms in total. The maximum atomic E-state index is 12.6. The van der Waals surface area contributed by atoms with Crippen molar-refractivity contribution in [2.75, 3.05) is 0 Å². The molecule has 0 aliphatic rings. The summed E-state index contributed by atoms with van der Waals surface area (Å²) in [5.74, 6) is 1.11. The monoisotopic (exact) mass is 495 g/mol. The van der Waals surface area contributed by atoms with Gasteiger partial charge < -0.3 is 19.9 Å². The highest BCUT2D eigenvalue weighted by atomic mass is 16.5. The van der Waals surface area contributed by atoms with Crippen LogP contribution in [-0.2, 0) is 24.4 Å². The van der Waals surface area contributed by atoms with Gasteiger partial charge in [0.25, 0.3) is 5.91 Å². The topological polar surface area (TPSA) is 67.8 Å². The molecule has 190 valence electrons. The molecule has 0 fully saturated rings. The van der Waals surface area contributed by atoms with Crippen molar-refractivity contribution in [1.82, 2.24) is 5.32 Å². The molecule has 0 aliphatic carbocycles. The molecule has 0 bridgehead atoms. The third-order valence-electron chi connectivity index (χ3n) is 6.12. The van der Waals surface area contributed by atoms with Crippen LogP contribution >= 0.6 is 0 Å². The standard InChI is InChI=1S/C32H33NO4/c1-24(12-13-25-14-18-29(19-15-25)36-22-26-8-4-2-5-9-26)33-32(35)31(34)28-16-20-30(21-17-28)37-23-27-10-6-3-7-11-27/h2-11,14-21,24,31,34H,12-13,22-23H2,1H3,(H,33,35)/t24-,31-/m1/s1. The van der Waals surface area contributed by atoms with Crippen LogP contribution in [0.3, 0.4) is 0 Å². The van der Waals surface area contributed by atoms with Crippen LogP contribution in [-0.4, -0.2) is 17.1 Å². The molecule has 0 radical (unpaired) electrons. The smallest absolute Gasteiger partial charge is 0.253 e. The number of amides is 1. The average Bonchev–Trinajstić information content (AvgIpc) is 2.95. The number of hydrogen-bond acceptors (Lipinski definition) is 4. The van der Waals surface area contributed by atoms with Gasteiger partial charge in [-0.15, -0.1) is 0 Å². The van der Waals surface area contributed by atoms with E-state index >= 15 is 0 Å². The summed E-state index contributed by atoms with van der Waals surface area (Å²) in [6.07, 6.45) is 0.338. The number of ether oxygens (including phenoxy) is 2. The number of aliphatic hydroxyl groups is 1. The van der Waals surface area contributed by atoms with Crippen LogP contribution < -0.4 is 14.8 Å². The molecular formula is C32H33NO4. The predicted octanol–water partition coefficient (Wildman–Crippen LogP) is 6.02. The second kappa shape index (κ2) is 13.3. The van der Waals surface area contributed by atoms with Gasteiger partial charge in [-0.25, -0.2) is 0 Å². The zero-order chi connectivity index (χ0) is 25.9. The van der Waals surface area contributed by atoms with E-state index in [2.05, 4.69) is 5.32 Å². The molecule has 0 aliphatic heterocycles. The average molecular weight is 496 g/mol. The second-order valence-corrected chi connectivity index (χ2v) is 9.11. The summed E-state index contributed by atoms with van der Waals surface area (Å²) < 4.78 is 11.6. The Morgan fingerprint density at radius 2 is 1.19 bits per heavy atom. The number of aryl methyl sites for hydroxylation is 1. The van der Waals surface area contributed by atoms with Crippen LogP contribution in [0, 0.1) is 0 Å². The van der Waals surface area contributed by atoms with E-state index < -0.39 is 12.0 Å². The molecule has 0 spiro atoms. The summed E-state index contributed by atoms with van der Waals surface area (Å²) in [7, 11) is 0. The lowest BCUT2D eigenvalue weighted by Crippen LogP contribution is -2.36. The Kier molecular flexibility index (Phi) is 9.33. The quantitative estimate of drug-likeness (QED) is 0.252. The highest BCUT2D eigenvalue weighted by Gasteiger charge is 2.19. The van der Waals surface area contributed by atoms with Crippen molar-refractivity contribution < 1.29 is 19.4 Å². The van der Waals surface area contributed by atoms with E-state index in [1.807, 2.05) is 91.9 Å². The largest absolute Gasteiger partial charge is 0.489 e. The maximum Gasteiger partial charge on any atom is 0.253 e. The maximum absolute atomic E-state index is 12.6. The fourth-order valence-corrected chi connectivity index (χ4v) is 3.91. The fraction of sp³-hybridized carbons (Fsp3) is 0.219. The van der Waals surface area contributed by atoms with Crippen molar-refractivity contribution in [2.45, 2.75) is 45.1 Å². The lowest BCUT2D eigenvalue weighted by molar-refractivity contribution is -0.130. The van der Waals surface area contributed by atoms with Crippen LogP contribution in [0.1, 0.15) is 41.7 Å². The Morgan fingerprint density at radius 3 is 1.70 bits per heavy atom. The lowest BCUT2D eigenvalue weighted by atomic mass is 10.0. The van der Waals surface area contributed by atoms with Gasteiger partial charge in [-0.3, -0.25) is 4.79 Å². The molecule has 4 aromatic rings. The van der Waals surface area contributed by atoms with Crippen LogP contribution in [0.5, 0.6) is 11.5 Å². The first kappa shape index (κ1) is 26.0. The third kappa shape index (κ3) is 8.23. The van der Waals surface area contributed by atoms with Gasteiger partial charge in [0.2, 0.25) is 0 Å². The van der Waals surface area contributed by atoms with E-state index in [0.717, 1.165) is 29.7 Å². The molecule has 0 heterocycles. The molecule has 0 saturated heterocycles. The van der Waals surface area contributed by atoms with Crippen LogP contribution in [0.25, 0.3) is 0 Å². The molecule has 4 rings (SSSR count). The van der Waals surface area contributed by atoms with E-state index in [1.165, 1.54) is 5.56 Å². The third-order valence-corrected chi connectivity index (χ3v) is 6.12. The van der Waals surface area contributed by atoms with Gasteiger partial charge in [0.1, 0.15) is 24.7 Å². The summed E-state index contributed by atoms with van der Waals surface area (Å²) in [6, 6.07) is 34.9. The van der Waals surface area contributed by atoms with E-state index in [-0.39, 0.29) is 6.04 Å². The van der Waals surface area contributed by atoms with Crippen molar-refractivity contribution in [3.05, 3.63) is 131 Å². The van der Waals surface area contributed by atoms with Crippen LogP contribution in [0.15, 0.2) is 109 Å². The van der Waals surface area contributed by atoms with E-state index in [0.29, 0.717) is 24.5 Å². The SMILES string of the molecule is C[C@H](CCc1ccc(OCc2ccccc2)cc1)NC(=O)[C@H](O)c1ccc(OCc2ccccc2)cc1. The summed E-state index contributed by atoms with van der Waals surface area (Å²) in [5.41, 5.74) is 3.90. The van der Waals surface area contributed by atoms with Crippen LogP contribution in [0.4, 0.5) is 0 Å².